The number of carbonyl (C=O) groups is 2. The van der Waals surface area contributed by atoms with E-state index in [9.17, 15) is 19.5 Å². The number of rotatable bonds is 9. The molecule has 1 unspecified atom stereocenters. The Kier molecular flexibility index (Phi) is 8.45. The predicted octanol–water partition coefficient (Wildman–Crippen LogP) is 4.63. The summed E-state index contributed by atoms with van der Waals surface area (Å²) in [6.45, 7) is 5.95. The molecule has 9 heteroatoms. The van der Waals surface area contributed by atoms with E-state index in [1.807, 2.05) is 6.92 Å². The molecule has 0 spiro atoms. The number of esters is 2. The lowest BCUT2D eigenvalue weighted by Crippen LogP contribution is -2.39. The van der Waals surface area contributed by atoms with Crippen LogP contribution in [0.4, 0.5) is 0 Å². The third-order valence-corrected chi connectivity index (χ3v) is 6.25. The summed E-state index contributed by atoms with van der Waals surface area (Å²) in [7, 11) is 0. The van der Waals surface area contributed by atoms with Crippen LogP contribution in [0.1, 0.15) is 49.0 Å². The lowest BCUT2D eigenvalue weighted by Gasteiger charge is -2.31. The summed E-state index contributed by atoms with van der Waals surface area (Å²) in [6.07, 6.45) is 3.53. The summed E-state index contributed by atoms with van der Waals surface area (Å²) in [5.74, 6) is -0.519. The van der Waals surface area contributed by atoms with Crippen LogP contribution in [0.2, 0.25) is 0 Å². The van der Waals surface area contributed by atoms with Crippen LogP contribution >= 0.6 is 0 Å². The van der Waals surface area contributed by atoms with Gasteiger partial charge >= 0.3 is 11.9 Å². The van der Waals surface area contributed by atoms with E-state index in [4.69, 9.17) is 18.6 Å². The van der Waals surface area contributed by atoms with Gasteiger partial charge in [-0.25, -0.2) is 4.79 Å². The Morgan fingerprint density at radius 3 is 2.62 bits per heavy atom. The zero-order valence-electron chi connectivity index (χ0n) is 21.0. The van der Waals surface area contributed by atoms with Gasteiger partial charge in [-0.1, -0.05) is 6.92 Å². The molecule has 4 rings (SSSR count). The van der Waals surface area contributed by atoms with E-state index in [2.05, 4.69) is 4.90 Å². The van der Waals surface area contributed by atoms with Crippen LogP contribution in [0.15, 0.2) is 51.9 Å². The van der Waals surface area contributed by atoms with Gasteiger partial charge in [-0.15, -0.1) is 0 Å². The topological polar surface area (TPSA) is 116 Å². The van der Waals surface area contributed by atoms with Crippen molar-refractivity contribution in [1.29, 1.82) is 0 Å². The number of likely N-dealkylation sites (tertiary alicyclic amines) is 1. The first kappa shape index (κ1) is 26.2. The third-order valence-electron chi connectivity index (χ3n) is 6.25. The highest BCUT2D eigenvalue weighted by Gasteiger charge is 2.28. The predicted molar refractivity (Wildman–Crippen MR) is 136 cm³/mol. The molecule has 9 nitrogen and oxygen atoms in total. The van der Waals surface area contributed by atoms with Gasteiger partial charge in [-0.3, -0.25) is 14.5 Å². The van der Waals surface area contributed by atoms with Gasteiger partial charge in [0.25, 0.3) is 0 Å². The second kappa shape index (κ2) is 11.9. The van der Waals surface area contributed by atoms with Crippen LogP contribution in [-0.4, -0.2) is 48.2 Å². The van der Waals surface area contributed by atoms with E-state index in [0.29, 0.717) is 43.2 Å². The fourth-order valence-corrected chi connectivity index (χ4v) is 4.39. The average Bonchev–Trinajstić information content (AvgIpc) is 2.91. The van der Waals surface area contributed by atoms with Crippen molar-refractivity contribution in [2.45, 2.75) is 39.7 Å². The number of aromatic hydroxyl groups is 1. The second-order valence-electron chi connectivity index (χ2n) is 8.96. The number of phenolic OH excluding ortho intramolecular Hbond substituents is 1. The zero-order chi connectivity index (χ0) is 26.4. The highest BCUT2D eigenvalue weighted by molar-refractivity contribution is 5.89. The van der Waals surface area contributed by atoms with E-state index in [1.165, 1.54) is 18.4 Å². The summed E-state index contributed by atoms with van der Waals surface area (Å²) in [5.41, 5.74) is 0.733. The van der Waals surface area contributed by atoms with E-state index in [-0.39, 0.29) is 34.4 Å². The van der Waals surface area contributed by atoms with Gasteiger partial charge < -0.3 is 23.7 Å². The summed E-state index contributed by atoms with van der Waals surface area (Å²) in [5, 5.41) is 10.8. The first-order chi connectivity index (χ1) is 17.9. The number of carbonyl (C=O) groups excluding carboxylic acids is 2. The molecule has 1 aliphatic heterocycles. The van der Waals surface area contributed by atoms with Crippen LogP contribution < -0.4 is 10.2 Å². The van der Waals surface area contributed by atoms with Crippen LogP contribution in [0.5, 0.6) is 17.2 Å². The number of hydrogen-bond donors (Lipinski definition) is 1. The summed E-state index contributed by atoms with van der Waals surface area (Å²) in [4.78, 5) is 39.4. The molecular formula is C28H31NO8. The first-order valence-electron chi connectivity index (χ1n) is 12.5. The highest BCUT2D eigenvalue weighted by atomic mass is 16.5. The largest absolute Gasteiger partial charge is 0.507 e. The Hall–Kier alpha value is -3.85. The molecule has 2 heterocycles. The number of ether oxygens (including phenoxy) is 3. The minimum Gasteiger partial charge on any atom is -0.507 e. The molecule has 0 aliphatic carbocycles. The minimum absolute atomic E-state index is 0.00752. The number of fused-ring (bicyclic) bond motifs is 1. The molecule has 1 N–H and O–H groups in total. The van der Waals surface area contributed by atoms with Crippen LogP contribution in [-0.2, 0) is 20.8 Å². The van der Waals surface area contributed by atoms with E-state index >= 15 is 0 Å². The van der Waals surface area contributed by atoms with Crippen molar-refractivity contribution in [2.75, 3.05) is 26.3 Å². The Bertz CT molecular complexity index is 1310. The lowest BCUT2D eigenvalue weighted by molar-refractivity contribution is -0.150. The summed E-state index contributed by atoms with van der Waals surface area (Å²) in [6, 6.07) is 9.23. The van der Waals surface area contributed by atoms with Gasteiger partial charge in [0.05, 0.1) is 35.6 Å². The lowest BCUT2D eigenvalue weighted by atomic mass is 9.97. The van der Waals surface area contributed by atoms with Crippen molar-refractivity contribution >= 4 is 22.9 Å². The van der Waals surface area contributed by atoms with E-state index in [0.717, 1.165) is 25.8 Å². The molecule has 196 valence electrons. The third kappa shape index (κ3) is 6.11. The number of nitrogens with zero attached hydrogens (tertiary/aromatic N) is 1. The average molecular weight is 510 g/mol. The number of hydrogen-bond acceptors (Lipinski definition) is 9. The zero-order valence-corrected chi connectivity index (χ0v) is 21.0. The first-order valence-corrected chi connectivity index (χ1v) is 12.5. The molecule has 3 aromatic rings. The van der Waals surface area contributed by atoms with Crippen molar-refractivity contribution in [3.63, 3.8) is 0 Å². The van der Waals surface area contributed by atoms with Gasteiger partial charge in [0.2, 0.25) is 11.2 Å². The fourth-order valence-electron chi connectivity index (χ4n) is 4.39. The van der Waals surface area contributed by atoms with Crippen molar-refractivity contribution in [1.82, 2.24) is 4.90 Å². The summed E-state index contributed by atoms with van der Waals surface area (Å²) < 4.78 is 21.8. The van der Waals surface area contributed by atoms with Gasteiger partial charge in [0, 0.05) is 13.1 Å². The molecular weight excluding hydrogens is 478 g/mol. The minimum atomic E-state index is -0.423. The van der Waals surface area contributed by atoms with Gasteiger partial charge in [-0.2, -0.15) is 0 Å². The van der Waals surface area contributed by atoms with Crippen LogP contribution in [0.3, 0.4) is 0 Å². The Balaban J connectivity index is 1.53. The normalized spacial score (nSPS) is 15.9. The summed E-state index contributed by atoms with van der Waals surface area (Å²) >= 11 is 0. The van der Waals surface area contributed by atoms with Gasteiger partial charge in [0.15, 0.2) is 0 Å². The molecule has 1 aliphatic rings. The quantitative estimate of drug-likeness (QED) is 0.412. The number of piperidine rings is 1. The second-order valence-corrected chi connectivity index (χ2v) is 8.96. The molecule has 1 saturated heterocycles. The van der Waals surface area contributed by atoms with Crippen molar-refractivity contribution in [3.05, 3.63) is 64.0 Å². The number of phenols is 1. The van der Waals surface area contributed by atoms with Crippen molar-refractivity contribution in [2.24, 2.45) is 5.92 Å². The Morgan fingerprint density at radius 1 is 1.11 bits per heavy atom. The Morgan fingerprint density at radius 2 is 1.89 bits per heavy atom. The molecule has 1 aromatic heterocycles. The molecule has 0 amide bonds. The molecule has 0 radical (unpaired) electrons. The molecule has 1 atom stereocenters. The van der Waals surface area contributed by atoms with Crippen molar-refractivity contribution in [3.8, 4) is 17.2 Å². The van der Waals surface area contributed by atoms with E-state index in [1.54, 1.807) is 31.2 Å². The smallest absolute Gasteiger partial charge is 0.338 e. The molecule has 0 bridgehead atoms. The maximum Gasteiger partial charge on any atom is 0.338 e. The molecule has 2 aromatic carbocycles. The van der Waals surface area contributed by atoms with Gasteiger partial charge in [-0.05, 0) is 69.1 Å². The molecule has 1 fully saturated rings. The van der Waals surface area contributed by atoms with Crippen LogP contribution in [0, 0.1) is 5.92 Å². The fraction of sp³-hybridized carbons (Fsp3) is 0.393. The highest BCUT2D eigenvalue weighted by Crippen LogP contribution is 2.31. The standard InChI is InChI=1S/C28H31NO8/c1-3-14-35-27(32)18-7-9-20(10-8-18)37-24-17-36-26-21(25(24)31)11-12-23(30)22(26)16-29-13-5-6-19(15-29)28(33)34-4-2/h7-12,17,19,30H,3-6,13-16H2,1-2H3. The van der Waals surface area contributed by atoms with Crippen LogP contribution in [0.25, 0.3) is 11.0 Å². The number of benzene rings is 2. The van der Waals surface area contributed by atoms with Crippen molar-refractivity contribution < 1.29 is 33.3 Å². The Labute approximate surface area is 214 Å². The monoisotopic (exact) mass is 509 g/mol. The van der Waals surface area contributed by atoms with E-state index < -0.39 is 11.4 Å². The maximum absolute atomic E-state index is 13.2. The SMILES string of the molecule is CCCOC(=O)c1ccc(Oc2coc3c(CN4CCCC(C(=O)OCC)C4)c(O)ccc3c2=O)cc1. The molecule has 0 saturated carbocycles. The van der Waals surface area contributed by atoms with Gasteiger partial charge in [0.1, 0.15) is 23.3 Å². The maximum atomic E-state index is 13.2. The molecule has 37 heavy (non-hydrogen) atoms.